The molecule has 2 saturated heterocycles. The number of pyridine rings is 1. The number of benzene rings is 1. The number of halogens is 1. The van der Waals surface area contributed by atoms with Crippen LogP contribution < -0.4 is 20.0 Å². The molecule has 0 bridgehead atoms. The Morgan fingerprint density at radius 1 is 1.19 bits per heavy atom. The van der Waals surface area contributed by atoms with Crippen LogP contribution in [0.15, 0.2) is 36.5 Å². The number of nitrogens with one attached hydrogen (secondary N) is 1. The number of ether oxygens (including phenoxy) is 1. The quantitative estimate of drug-likeness (QED) is 0.789. The second kappa shape index (κ2) is 8.79. The van der Waals surface area contributed by atoms with Gasteiger partial charge in [-0.1, -0.05) is 0 Å². The molecule has 2 aromatic rings. The van der Waals surface area contributed by atoms with E-state index in [0.29, 0.717) is 24.5 Å². The van der Waals surface area contributed by atoms with Gasteiger partial charge in [0.25, 0.3) is 0 Å². The highest BCUT2D eigenvalue weighted by Gasteiger charge is 2.33. The van der Waals surface area contributed by atoms with Crippen LogP contribution in [0.1, 0.15) is 12.5 Å². The van der Waals surface area contributed by atoms with Crippen LogP contribution in [0.5, 0.6) is 0 Å². The van der Waals surface area contributed by atoms with Crippen LogP contribution >= 0.6 is 0 Å². The molecule has 9 heteroatoms. The Labute approximate surface area is 180 Å². The molecular formula is C22H26FN5O3. The lowest BCUT2D eigenvalue weighted by atomic mass is 10.2. The number of nitrogens with zero attached hydrogens (tertiary/aromatic N) is 4. The molecule has 0 saturated carbocycles. The summed E-state index contributed by atoms with van der Waals surface area (Å²) in [5, 5.41) is 2.63. The van der Waals surface area contributed by atoms with Crippen molar-refractivity contribution in [2.75, 3.05) is 54.0 Å². The fourth-order valence-electron chi connectivity index (χ4n) is 3.89. The van der Waals surface area contributed by atoms with Crippen molar-refractivity contribution in [2.45, 2.75) is 20.0 Å². The third-order valence-corrected chi connectivity index (χ3v) is 5.54. The van der Waals surface area contributed by atoms with E-state index in [9.17, 15) is 14.0 Å². The zero-order valence-electron chi connectivity index (χ0n) is 17.7. The highest BCUT2D eigenvalue weighted by molar-refractivity contribution is 5.90. The van der Waals surface area contributed by atoms with E-state index in [2.05, 4.69) is 21.3 Å². The average molecular weight is 427 g/mol. The van der Waals surface area contributed by atoms with E-state index in [-0.39, 0.29) is 24.8 Å². The Balaban J connectivity index is 1.39. The van der Waals surface area contributed by atoms with Gasteiger partial charge in [-0.3, -0.25) is 9.69 Å². The summed E-state index contributed by atoms with van der Waals surface area (Å²) in [6, 6.07) is 8.83. The minimum absolute atomic E-state index is 0.192. The summed E-state index contributed by atoms with van der Waals surface area (Å²) in [6.07, 6.45) is 0.809. The van der Waals surface area contributed by atoms with Crippen LogP contribution in [0.3, 0.4) is 0 Å². The van der Waals surface area contributed by atoms with E-state index in [1.165, 1.54) is 17.9 Å². The van der Waals surface area contributed by atoms with Gasteiger partial charge >= 0.3 is 6.09 Å². The maximum absolute atomic E-state index is 14.9. The largest absolute Gasteiger partial charge is 0.442 e. The summed E-state index contributed by atoms with van der Waals surface area (Å²) in [4.78, 5) is 33.3. The van der Waals surface area contributed by atoms with Crippen molar-refractivity contribution in [1.29, 1.82) is 0 Å². The Morgan fingerprint density at radius 2 is 1.94 bits per heavy atom. The maximum atomic E-state index is 14.9. The van der Waals surface area contributed by atoms with Crippen molar-refractivity contribution in [1.82, 2.24) is 10.3 Å². The van der Waals surface area contributed by atoms with Gasteiger partial charge in [0.05, 0.1) is 24.5 Å². The number of cyclic esters (lactones) is 1. The molecule has 1 aromatic heterocycles. The van der Waals surface area contributed by atoms with E-state index in [1.54, 1.807) is 18.3 Å². The number of rotatable bonds is 5. The molecule has 3 heterocycles. The van der Waals surface area contributed by atoms with Crippen molar-refractivity contribution in [3.63, 3.8) is 0 Å². The number of amides is 2. The molecule has 0 radical (unpaired) electrons. The smallest absolute Gasteiger partial charge is 0.414 e. The third-order valence-electron chi connectivity index (χ3n) is 5.54. The molecule has 31 heavy (non-hydrogen) atoms. The highest BCUT2D eigenvalue weighted by atomic mass is 19.1. The second-order valence-corrected chi connectivity index (χ2v) is 7.85. The van der Waals surface area contributed by atoms with E-state index >= 15 is 0 Å². The number of aromatic nitrogens is 1. The lowest BCUT2D eigenvalue weighted by Crippen LogP contribution is -2.47. The molecule has 2 amide bonds. The molecule has 1 aromatic carbocycles. The fourth-order valence-corrected chi connectivity index (χ4v) is 3.89. The molecule has 1 atom stereocenters. The molecule has 2 aliphatic heterocycles. The predicted molar refractivity (Wildman–Crippen MR) is 116 cm³/mol. The molecule has 2 fully saturated rings. The molecule has 2 aliphatic rings. The van der Waals surface area contributed by atoms with Crippen LogP contribution in [-0.4, -0.2) is 62.4 Å². The molecule has 4 rings (SSSR count). The van der Waals surface area contributed by atoms with Gasteiger partial charge in [-0.2, -0.15) is 0 Å². The summed E-state index contributed by atoms with van der Waals surface area (Å²) in [5.74, 6) is 0.373. The maximum Gasteiger partial charge on any atom is 0.414 e. The number of carbonyl (C=O) groups excluding carboxylic acids is 2. The van der Waals surface area contributed by atoms with Crippen molar-refractivity contribution in [3.05, 3.63) is 47.9 Å². The highest BCUT2D eigenvalue weighted by Crippen LogP contribution is 2.29. The summed E-state index contributed by atoms with van der Waals surface area (Å²) >= 11 is 0. The number of piperazine rings is 1. The molecule has 0 aliphatic carbocycles. The summed E-state index contributed by atoms with van der Waals surface area (Å²) < 4.78 is 20.2. The second-order valence-electron chi connectivity index (χ2n) is 7.85. The molecule has 0 spiro atoms. The first-order valence-corrected chi connectivity index (χ1v) is 10.4. The molecular weight excluding hydrogens is 401 g/mol. The first-order valence-electron chi connectivity index (χ1n) is 10.4. The van der Waals surface area contributed by atoms with Crippen LogP contribution in [0.25, 0.3) is 0 Å². The topological polar surface area (TPSA) is 78.0 Å². The monoisotopic (exact) mass is 427 g/mol. The summed E-state index contributed by atoms with van der Waals surface area (Å²) in [7, 11) is 0. The van der Waals surface area contributed by atoms with Crippen LogP contribution in [-0.2, 0) is 9.53 Å². The van der Waals surface area contributed by atoms with Crippen LogP contribution in [0.4, 0.5) is 26.4 Å². The Kier molecular flexibility index (Phi) is 5.92. The molecule has 164 valence electrons. The number of hydrogen-bond donors (Lipinski definition) is 1. The SMILES string of the molecule is CC(=O)NCC1CN(c2ccc(N3CCN(c4cc(C)ccn4)CC3)c(F)c2)C(=O)O1. The minimum Gasteiger partial charge on any atom is -0.442 e. The van der Waals surface area contributed by atoms with Crippen LogP contribution in [0.2, 0.25) is 0 Å². The summed E-state index contributed by atoms with van der Waals surface area (Å²) in [6.45, 7) is 6.80. The number of aryl methyl sites for hydroxylation is 1. The Hall–Kier alpha value is -3.36. The first-order chi connectivity index (χ1) is 14.9. The van der Waals surface area contributed by atoms with Crippen molar-refractivity contribution < 1.29 is 18.7 Å². The van der Waals surface area contributed by atoms with Gasteiger partial charge in [0.1, 0.15) is 17.7 Å². The van der Waals surface area contributed by atoms with Crippen molar-refractivity contribution in [2.24, 2.45) is 0 Å². The van der Waals surface area contributed by atoms with E-state index in [1.807, 2.05) is 17.9 Å². The number of anilines is 3. The van der Waals surface area contributed by atoms with Gasteiger partial charge in [-0.15, -0.1) is 0 Å². The van der Waals surface area contributed by atoms with Gasteiger partial charge in [0.15, 0.2) is 0 Å². The lowest BCUT2D eigenvalue weighted by Gasteiger charge is -2.37. The summed E-state index contributed by atoms with van der Waals surface area (Å²) in [5.41, 5.74) is 2.12. The predicted octanol–water partition coefficient (Wildman–Crippen LogP) is 2.32. The molecule has 8 nitrogen and oxygen atoms in total. The average Bonchev–Trinajstić information content (AvgIpc) is 3.13. The number of carbonyl (C=O) groups is 2. The fraction of sp³-hybridized carbons (Fsp3) is 0.409. The Bertz CT molecular complexity index is 977. The Morgan fingerprint density at radius 3 is 2.61 bits per heavy atom. The first kappa shape index (κ1) is 20.9. The standard InChI is InChI=1S/C22H26FN5O3/c1-15-5-6-24-21(11-15)27-9-7-26(8-10-27)20-4-3-17(12-19(20)23)28-14-18(31-22(28)30)13-25-16(2)29/h3-6,11-12,18H,7-10,13-14H2,1-2H3,(H,25,29). The van der Waals surface area contributed by atoms with Crippen LogP contribution in [0, 0.1) is 12.7 Å². The zero-order valence-corrected chi connectivity index (χ0v) is 17.7. The van der Waals surface area contributed by atoms with Gasteiger partial charge in [-0.25, -0.2) is 14.2 Å². The van der Waals surface area contributed by atoms with Crippen molar-refractivity contribution >= 4 is 29.2 Å². The van der Waals surface area contributed by atoms with Gasteiger partial charge in [-0.05, 0) is 42.8 Å². The lowest BCUT2D eigenvalue weighted by molar-refractivity contribution is -0.119. The molecule has 1 N–H and O–H groups in total. The third kappa shape index (κ3) is 4.70. The van der Waals surface area contributed by atoms with E-state index in [0.717, 1.165) is 24.5 Å². The number of hydrogen-bond acceptors (Lipinski definition) is 6. The normalized spacial score (nSPS) is 18.9. The van der Waals surface area contributed by atoms with Crippen molar-refractivity contribution in [3.8, 4) is 0 Å². The zero-order chi connectivity index (χ0) is 22.0. The van der Waals surface area contributed by atoms with E-state index in [4.69, 9.17) is 4.74 Å². The van der Waals surface area contributed by atoms with E-state index < -0.39 is 12.2 Å². The molecule has 1 unspecified atom stereocenters. The van der Waals surface area contributed by atoms with Gasteiger partial charge < -0.3 is 19.9 Å². The van der Waals surface area contributed by atoms with Gasteiger partial charge in [0, 0.05) is 39.3 Å². The van der Waals surface area contributed by atoms with Gasteiger partial charge in [0.2, 0.25) is 5.91 Å². The minimum atomic E-state index is -0.540.